The van der Waals surface area contributed by atoms with Crippen molar-refractivity contribution >= 4 is 17.7 Å². The van der Waals surface area contributed by atoms with Crippen molar-refractivity contribution in [2.24, 2.45) is 0 Å². The van der Waals surface area contributed by atoms with Crippen molar-refractivity contribution in [1.82, 2.24) is 5.32 Å². The second-order valence-electron chi connectivity index (χ2n) is 3.92. The van der Waals surface area contributed by atoms with Gasteiger partial charge in [-0.25, -0.2) is 0 Å². The Bertz CT molecular complexity index is 477. The summed E-state index contributed by atoms with van der Waals surface area (Å²) in [6.07, 6.45) is 3.01. The predicted octanol–water partition coefficient (Wildman–Crippen LogP) is 1.12. The van der Waals surface area contributed by atoms with Gasteiger partial charge in [0, 0.05) is 18.2 Å². The third-order valence-electron chi connectivity index (χ3n) is 2.52. The van der Waals surface area contributed by atoms with Crippen LogP contribution in [0.3, 0.4) is 0 Å². The minimum Gasteiger partial charge on any atom is -0.377 e. The zero-order chi connectivity index (χ0) is 13.0. The van der Waals surface area contributed by atoms with Gasteiger partial charge in [0.15, 0.2) is 0 Å². The van der Waals surface area contributed by atoms with Crippen LogP contribution < -0.4 is 5.32 Å². The molecule has 1 aromatic rings. The molecule has 18 heavy (non-hydrogen) atoms. The summed E-state index contributed by atoms with van der Waals surface area (Å²) in [6.45, 7) is 1.11. The van der Waals surface area contributed by atoms with Gasteiger partial charge in [-0.15, -0.1) is 0 Å². The highest BCUT2D eigenvalue weighted by Gasteiger charge is 2.18. The smallest absolute Gasteiger partial charge is 0.269 e. The molecule has 0 aliphatic carbocycles. The minimum absolute atomic E-state index is 0.0308. The molecular formula is C12H12N2O4. The number of amides is 1. The monoisotopic (exact) mass is 248 g/mol. The summed E-state index contributed by atoms with van der Waals surface area (Å²) in [5.41, 5.74) is 0.767. The van der Waals surface area contributed by atoms with Crippen molar-refractivity contribution in [3.8, 4) is 0 Å². The normalized spacial score (nSPS) is 15.3. The van der Waals surface area contributed by atoms with Crippen LogP contribution in [0.1, 0.15) is 5.56 Å². The fraction of sp³-hybridized carbons (Fsp3) is 0.250. The van der Waals surface area contributed by atoms with E-state index in [0.29, 0.717) is 13.2 Å². The van der Waals surface area contributed by atoms with E-state index in [9.17, 15) is 14.9 Å². The number of hydrogen-bond acceptors (Lipinski definition) is 4. The third-order valence-corrected chi connectivity index (χ3v) is 2.52. The summed E-state index contributed by atoms with van der Waals surface area (Å²) in [5, 5.41) is 13.2. The number of nitro benzene ring substituents is 1. The lowest BCUT2D eigenvalue weighted by Gasteiger charge is -2.26. The van der Waals surface area contributed by atoms with E-state index in [-0.39, 0.29) is 17.6 Å². The number of nitrogens with one attached hydrogen (secondary N) is 1. The maximum Gasteiger partial charge on any atom is 0.269 e. The van der Waals surface area contributed by atoms with E-state index in [4.69, 9.17) is 4.74 Å². The van der Waals surface area contributed by atoms with Crippen LogP contribution in [0.4, 0.5) is 5.69 Å². The van der Waals surface area contributed by atoms with Crippen molar-refractivity contribution in [1.29, 1.82) is 0 Å². The van der Waals surface area contributed by atoms with E-state index in [1.165, 1.54) is 18.2 Å². The van der Waals surface area contributed by atoms with Crippen LogP contribution in [-0.4, -0.2) is 30.1 Å². The number of non-ortho nitro benzene ring substituents is 1. The van der Waals surface area contributed by atoms with Crippen LogP contribution in [0.5, 0.6) is 0 Å². The second-order valence-corrected chi connectivity index (χ2v) is 3.92. The molecule has 1 saturated heterocycles. The Labute approximate surface area is 103 Å². The zero-order valence-corrected chi connectivity index (χ0v) is 9.54. The second kappa shape index (κ2) is 5.42. The van der Waals surface area contributed by atoms with Crippen LogP contribution in [0.15, 0.2) is 30.3 Å². The fourth-order valence-electron chi connectivity index (χ4n) is 1.45. The number of benzene rings is 1. The first-order valence-corrected chi connectivity index (χ1v) is 5.46. The Morgan fingerprint density at radius 1 is 1.39 bits per heavy atom. The highest BCUT2D eigenvalue weighted by Crippen LogP contribution is 2.12. The lowest BCUT2D eigenvalue weighted by atomic mass is 10.2. The first-order valence-electron chi connectivity index (χ1n) is 5.46. The number of nitro groups is 1. The summed E-state index contributed by atoms with van der Waals surface area (Å²) in [5.74, 6) is -0.193. The molecule has 0 saturated carbocycles. The molecule has 2 rings (SSSR count). The fourth-order valence-corrected chi connectivity index (χ4v) is 1.45. The summed E-state index contributed by atoms with van der Waals surface area (Å²) >= 11 is 0. The average molecular weight is 248 g/mol. The van der Waals surface area contributed by atoms with E-state index < -0.39 is 4.92 Å². The third kappa shape index (κ3) is 3.14. The van der Waals surface area contributed by atoms with Gasteiger partial charge in [-0.3, -0.25) is 14.9 Å². The summed E-state index contributed by atoms with van der Waals surface area (Å²) in [7, 11) is 0. The van der Waals surface area contributed by atoms with Gasteiger partial charge in [0.2, 0.25) is 5.91 Å². The van der Waals surface area contributed by atoms with Gasteiger partial charge < -0.3 is 10.1 Å². The highest BCUT2D eigenvalue weighted by atomic mass is 16.6. The van der Waals surface area contributed by atoms with Gasteiger partial charge in [-0.05, 0) is 23.8 Å². The molecule has 1 N–H and O–H groups in total. The van der Waals surface area contributed by atoms with Gasteiger partial charge in [0.1, 0.15) is 0 Å². The van der Waals surface area contributed by atoms with Gasteiger partial charge in [0.05, 0.1) is 24.2 Å². The molecule has 94 valence electrons. The van der Waals surface area contributed by atoms with Crippen molar-refractivity contribution in [2.75, 3.05) is 13.2 Å². The first-order chi connectivity index (χ1) is 8.65. The Morgan fingerprint density at radius 2 is 2.06 bits per heavy atom. The SMILES string of the molecule is O=C(C=Cc1ccc([N+](=O)[O-])cc1)NC1COC1. The van der Waals surface area contributed by atoms with Crippen molar-refractivity contribution in [2.45, 2.75) is 6.04 Å². The molecule has 0 aromatic heterocycles. The Morgan fingerprint density at radius 3 is 2.56 bits per heavy atom. The van der Waals surface area contributed by atoms with E-state index in [2.05, 4.69) is 5.32 Å². The number of ether oxygens (including phenoxy) is 1. The maximum absolute atomic E-state index is 11.4. The van der Waals surface area contributed by atoms with Crippen molar-refractivity contribution in [3.05, 3.63) is 46.0 Å². The number of hydrogen-bond donors (Lipinski definition) is 1. The molecule has 6 heteroatoms. The summed E-state index contributed by atoms with van der Waals surface area (Å²) in [6, 6.07) is 6.08. The minimum atomic E-state index is -0.462. The molecule has 0 spiro atoms. The first kappa shape index (κ1) is 12.3. The molecule has 6 nitrogen and oxygen atoms in total. The van der Waals surface area contributed by atoms with Crippen LogP contribution >= 0.6 is 0 Å². The van der Waals surface area contributed by atoms with Crippen LogP contribution in [0.25, 0.3) is 6.08 Å². The number of carbonyl (C=O) groups is 1. The maximum atomic E-state index is 11.4. The molecule has 1 amide bonds. The Kier molecular flexibility index (Phi) is 3.69. The van der Waals surface area contributed by atoms with E-state index in [0.717, 1.165) is 5.56 Å². The lowest BCUT2D eigenvalue weighted by molar-refractivity contribution is -0.384. The van der Waals surface area contributed by atoms with Gasteiger partial charge in [-0.1, -0.05) is 0 Å². The van der Waals surface area contributed by atoms with Gasteiger partial charge in [0.25, 0.3) is 5.69 Å². The molecule has 1 aromatic carbocycles. The summed E-state index contributed by atoms with van der Waals surface area (Å²) in [4.78, 5) is 21.4. The van der Waals surface area contributed by atoms with E-state index in [1.54, 1.807) is 18.2 Å². The molecule has 1 fully saturated rings. The zero-order valence-electron chi connectivity index (χ0n) is 9.54. The number of rotatable bonds is 4. The van der Waals surface area contributed by atoms with Crippen LogP contribution in [0, 0.1) is 10.1 Å². The topological polar surface area (TPSA) is 81.5 Å². The molecule has 0 atom stereocenters. The van der Waals surface area contributed by atoms with E-state index in [1.807, 2.05) is 0 Å². The Hall–Kier alpha value is -2.21. The van der Waals surface area contributed by atoms with Gasteiger partial charge >= 0.3 is 0 Å². The number of carbonyl (C=O) groups excluding carboxylic acids is 1. The standard InChI is InChI=1S/C12H12N2O4/c15-12(13-10-7-18-8-10)6-3-9-1-4-11(5-2-9)14(16)17/h1-6,10H,7-8H2,(H,13,15). The molecular weight excluding hydrogens is 236 g/mol. The highest BCUT2D eigenvalue weighted by molar-refractivity contribution is 5.92. The molecule has 1 heterocycles. The molecule has 0 radical (unpaired) electrons. The van der Waals surface area contributed by atoms with Gasteiger partial charge in [-0.2, -0.15) is 0 Å². The predicted molar refractivity (Wildman–Crippen MR) is 64.9 cm³/mol. The molecule has 0 bridgehead atoms. The largest absolute Gasteiger partial charge is 0.377 e. The van der Waals surface area contributed by atoms with Crippen LogP contribution in [0.2, 0.25) is 0 Å². The van der Waals surface area contributed by atoms with Crippen LogP contribution in [-0.2, 0) is 9.53 Å². The molecule has 0 unspecified atom stereocenters. The average Bonchev–Trinajstić information content (AvgIpc) is 2.32. The number of nitrogens with zero attached hydrogens (tertiary/aromatic N) is 1. The summed E-state index contributed by atoms with van der Waals surface area (Å²) < 4.78 is 4.93. The van der Waals surface area contributed by atoms with E-state index >= 15 is 0 Å². The Balaban J connectivity index is 1.91. The molecule has 1 aliphatic heterocycles. The van der Waals surface area contributed by atoms with Crippen molar-refractivity contribution < 1.29 is 14.5 Å². The lowest BCUT2D eigenvalue weighted by Crippen LogP contribution is -2.48. The van der Waals surface area contributed by atoms with Crippen molar-refractivity contribution in [3.63, 3.8) is 0 Å². The molecule has 1 aliphatic rings. The quantitative estimate of drug-likeness (QED) is 0.492.